The van der Waals surface area contributed by atoms with Crippen molar-refractivity contribution in [2.45, 2.75) is 77.8 Å². The highest BCUT2D eigenvalue weighted by molar-refractivity contribution is 5.01. The first kappa shape index (κ1) is 14.3. The zero-order valence-corrected chi connectivity index (χ0v) is 12.9. The molecule has 1 aliphatic carbocycles. The molecular formula is C16H32N2. The summed E-state index contributed by atoms with van der Waals surface area (Å²) in [7, 11) is 0. The van der Waals surface area contributed by atoms with Crippen LogP contribution in [0.15, 0.2) is 0 Å². The summed E-state index contributed by atoms with van der Waals surface area (Å²) < 4.78 is 0. The van der Waals surface area contributed by atoms with Gasteiger partial charge in [0.05, 0.1) is 0 Å². The third kappa shape index (κ3) is 2.75. The monoisotopic (exact) mass is 252 g/mol. The van der Waals surface area contributed by atoms with E-state index in [1.54, 1.807) is 0 Å². The Kier molecular flexibility index (Phi) is 4.38. The molecule has 0 spiro atoms. The Morgan fingerprint density at radius 1 is 1.06 bits per heavy atom. The maximum absolute atomic E-state index is 3.85. The van der Waals surface area contributed by atoms with Crippen LogP contribution in [0.4, 0.5) is 0 Å². The highest BCUT2D eigenvalue weighted by Crippen LogP contribution is 2.49. The molecule has 18 heavy (non-hydrogen) atoms. The summed E-state index contributed by atoms with van der Waals surface area (Å²) in [4.78, 5) is 2.82. The molecule has 2 aliphatic rings. The second kappa shape index (κ2) is 5.50. The minimum atomic E-state index is 0.384. The fourth-order valence-electron chi connectivity index (χ4n) is 3.58. The highest BCUT2D eigenvalue weighted by atomic mass is 15.3. The van der Waals surface area contributed by atoms with Gasteiger partial charge in [-0.2, -0.15) is 0 Å². The van der Waals surface area contributed by atoms with Crippen LogP contribution >= 0.6 is 0 Å². The summed E-state index contributed by atoms with van der Waals surface area (Å²) in [5.41, 5.74) is 1.08. The Morgan fingerprint density at radius 2 is 1.72 bits per heavy atom. The minimum Gasteiger partial charge on any atom is -0.308 e. The fourth-order valence-corrected chi connectivity index (χ4v) is 3.58. The molecule has 1 saturated carbocycles. The Bertz CT molecular complexity index is 266. The molecule has 0 amide bonds. The molecule has 1 N–H and O–H groups in total. The van der Waals surface area contributed by atoms with E-state index in [1.807, 2.05) is 0 Å². The molecule has 1 unspecified atom stereocenters. The van der Waals surface area contributed by atoms with Crippen molar-refractivity contribution < 1.29 is 0 Å². The summed E-state index contributed by atoms with van der Waals surface area (Å²) in [5, 5.41) is 3.85. The molecule has 1 aliphatic heterocycles. The molecule has 0 radical (unpaired) electrons. The van der Waals surface area contributed by atoms with E-state index >= 15 is 0 Å². The van der Waals surface area contributed by atoms with E-state index in [9.17, 15) is 0 Å². The van der Waals surface area contributed by atoms with Crippen LogP contribution in [0.1, 0.15) is 66.2 Å². The number of piperazine rings is 1. The van der Waals surface area contributed by atoms with Crippen molar-refractivity contribution in [3.8, 4) is 0 Å². The lowest BCUT2D eigenvalue weighted by Crippen LogP contribution is -2.64. The molecule has 1 atom stereocenters. The van der Waals surface area contributed by atoms with Gasteiger partial charge in [-0.1, -0.05) is 27.7 Å². The molecule has 0 aromatic rings. The van der Waals surface area contributed by atoms with Crippen molar-refractivity contribution in [3.63, 3.8) is 0 Å². The van der Waals surface area contributed by atoms with Crippen molar-refractivity contribution in [3.05, 3.63) is 0 Å². The Hall–Kier alpha value is -0.0800. The van der Waals surface area contributed by atoms with Gasteiger partial charge in [0.1, 0.15) is 0 Å². The van der Waals surface area contributed by atoms with Gasteiger partial charge in [0, 0.05) is 31.2 Å². The molecule has 2 rings (SSSR count). The van der Waals surface area contributed by atoms with Gasteiger partial charge in [-0.25, -0.2) is 0 Å². The van der Waals surface area contributed by atoms with E-state index in [-0.39, 0.29) is 0 Å². The number of nitrogens with one attached hydrogen (secondary N) is 1. The first-order valence-electron chi connectivity index (χ1n) is 8.11. The standard InChI is InChI=1S/C16H32N2/c1-5-14-11-17-16(7-3,8-4)13-18(14)12-15(6-2)9-10-15/h14,17H,5-13H2,1-4H3. The molecule has 0 bridgehead atoms. The maximum atomic E-state index is 3.85. The number of nitrogens with zero attached hydrogens (tertiary/aromatic N) is 1. The molecule has 106 valence electrons. The molecule has 2 nitrogen and oxygen atoms in total. The number of rotatable bonds is 6. The average molecular weight is 252 g/mol. The second-order valence-electron chi connectivity index (χ2n) is 6.69. The van der Waals surface area contributed by atoms with Crippen molar-refractivity contribution in [1.82, 2.24) is 10.2 Å². The van der Waals surface area contributed by atoms with Gasteiger partial charge in [0.2, 0.25) is 0 Å². The first-order chi connectivity index (χ1) is 8.62. The molecule has 2 fully saturated rings. The van der Waals surface area contributed by atoms with E-state index in [0.717, 1.165) is 6.04 Å². The summed E-state index contributed by atoms with van der Waals surface area (Å²) in [6.45, 7) is 13.2. The Balaban J connectivity index is 2.03. The van der Waals surface area contributed by atoms with Gasteiger partial charge < -0.3 is 5.32 Å². The van der Waals surface area contributed by atoms with Gasteiger partial charge in [0.15, 0.2) is 0 Å². The van der Waals surface area contributed by atoms with Crippen molar-refractivity contribution in [2.24, 2.45) is 5.41 Å². The second-order valence-corrected chi connectivity index (χ2v) is 6.69. The molecule has 2 heteroatoms. The topological polar surface area (TPSA) is 15.3 Å². The zero-order chi connectivity index (χ0) is 13.2. The van der Waals surface area contributed by atoms with Gasteiger partial charge in [-0.15, -0.1) is 0 Å². The van der Waals surface area contributed by atoms with E-state index in [1.165, 1.54) is 58.2 Å². The quantitative estimate of drug-likeness (QED) is 0.779. The number of hydrogen-bond acceptors (Lipinski definition) is 2. The fraction of sp³-hybridized carbons (Fsp3) is 1.00. The van der Waals surface area contributed by atoms with Crippen molar-refractivity contribution >= 4 is 0 Å². The van der Waals surface area contributed by atoms with Crippen molar-refractivity contribution in [1.29, 1.82) is 0 Å². The summed E-state index contributed by atoms with van der Waals surface area (Å²) in [6, 6.07) is 0.764. The maximum Gasteiger partial charge on any atom is 0.0304 e. The van der Waals surface area contributed by atoms with Crippen LogP contribution in [0.2, 0.25) is 0 Å². The first-order valence-corrected chi connectivity index (χ1v) is 8.11. The molecule has 0 aromatic heterocycles. The van der Waals surface area contributed by atoms with Crippen molar-refractivity contribution in [2.75, 3.05) is 19.6 Å². The van der Waals surface area contributed by atoms with Gasteiger partial charge in [0.25, 0.3) is 0 Å². The van der Waals surface area contributed by atoms with Crippen LogP contribution < -0.4 is 5.32 Å². The third-order valence-electron chi connectivity index (χ3n) is 5.81. The molecular weight excluding hydrogens is 220 g/mol. The minimum absolute atomic E-state index is 0.384. The van der Waals surface area contributed by atoms with E-state index in [2.05, 4.69) is 37.9 Å². The SMILES string of the molecule is CCC1CNC(CC)(CC)CN1CC1(CC)CC1. The van der Waals surface area contributed by atoms with Gasteiger partial charge >= 0.3 is 0 Å². The molecule has 0 aromatic carbocycles. The lowest BCUT2D eigenvalue weighted by molar-refractivity contribution is 0.0525. The molecule has 1 heterocycles. The van der Waals surface area contributed by atoms with E-state index in [4.69, 9.17) is 0 Å². The lowest BCUT2D eigenvalue weighted by atomic mass is 9.87. The number of hydrogen-bond donors (Lipinski definition) is 1. The van der Waals surface area contributed by atoms with Crippen LogP contribution in [0.5, 0.6) is 0 Å². The van der Waals surface area contributed by atoms with Crippen LogP contribution in [0.25, 0.3) is 0 Å². The average Bonchev–Trinajstić information content (AvgIpc) is 3.19. The highest BCUT2D eigenvalue weighted by Gasteiger charge is 2.45. The van der Waals surface area contributed by atoms with Crippen LogP contribution in [0.3, 0.4) is 0 Å². The van der Waals surface area contributed by atoms with Crippen LogP contribution in [-0.2, 0) is 0 Å². The van der Waals surface area contributed by atoms with Gasteiger partial charge in [-0.3, -0.25) is 4.90 Å². The van der Waals surface area contributed by atoms with Crippen LogP contribution in [-0.4, -0.2) is 36.1 Å². The predicted molar refractivity (Wildman–Crippen MR) is 78.9 cm³/mol. The lowest BCUT2D eigenvalue weighted by Gasteiger charge is -2.48. The predicted octanol–water partition coefficient (Wildman–Crippen LogP) is 3.42. The summed E-state index contributed by atoms with van der Waals surface area (Å²) >= 11 is 0. The third-order valence-corrected chi connectivity index (χ3v) is 5.81. The summed E-state index contributed by atoms with van der Waals surface area (Å²) in [6.07, 6.45) is 8.12. The van der Waals surface area contributed by atoms with E-state index < -0.39 is 0 Å². The molecule has 1 saturated heterocycles. The van der Waals surface area contributed by atoms with Crippen LogP contribution in [0, 0.1) is 5.41 Å². The normalized spacial score (nSPS) is 30.3. The largest absolute Gasteiger partial charge is 0.308 e. The smallest absolute Gasteiger partial charge is 0.0304 e. The zero-order valence-electron chi connectivity index (χ0n) is 12.9. The van der Waals surface area contributed by atoms with E-state index in [0.29, 0.717) is 11.0 Å². The summed E-state index contributed by atoms with van der Waals surface area (Å²) in [5.74, 6) is 0. The Morgan fingerprint density at radius 3 is 2.17 bits per heavy atom. The van der Waals surface area contributed by atoms with Gasteiger partial charge in [-0.05, 0) is 43.9 Å². The Labute approximate surface area is 114 Å².